The van der Waals surface area contributed by atoms with Crippen molar-refractivity contribution in [3.63, 3.8) is 0 Å². The zero-order valence-electron chi connectivity index (χ0n) is 21.1. The number of hydrogen-bond acceptors (Lipinski definition) is 5. The van der Waals surface area contributed by atoms with Gasteiger partial charge in [-0.3, -0.25) is 14.4 Å². The lowest BCUT2D eigenvalue weighted by molar-refractivity contribution is -0.139. The highest BCUT2D eigenvalue weighted by molar-refractivity contribution is 5.83. The van der Waals surface area contributed by atoms with E-state index in [-0.39, 0.29) is 35.5 Å². The predicted molar refractivity (Wildman–Crippen MR) is 132 cm³/mol. The molecule has 1 N–H and O–H groups in total. The molecule has 8 heteroatoms. The van der Waals surface area contributed by atoms with Gasteiger partial charge in [-0.25, -0.2) is 0 Å². The fourth-order valence-corrected chi connectivity index (χ4v) is 5.81. The molecule has 3 amide bonds. The van der Waals surface area contributed by atoms with E-state index in [1.807, 2.05) is 28.0 Å². The molecule has 2 saturated heterocycles. The molecule has 192 valence electrons. The molecular weight excluding hydrogens is 446 g/mol. The van der Waals surface area contributed by atoms with Gasteiger partial charge in [-0.1, -0.05) is 18.9 Å². The van der Waals surface area contributed by atoms with Gasteiger partial charge in [0.1, 0.15) is 0 Å². The average Bonchev–Trinajstić information content (AvgIpc) is 3.57. The number of carbonyl (C=O) groups is 3. The van der Waals surface area contributed by atoms with Gasteiger partial charge in [-0.05, 0) is 49.8 Å². The molecule has 1 saturated carbocycles. The van der Waals surface area contributed by atoms with Crippen molar-refractivity contribution in [3.8, 4) is 11.5 Å². The molecule has 2 unspecified atom stereocenters. The summed E-state index contributed by atoms with van der Waals surface area (Å²) in [5.41, 5.74) is 1.05. The topological polar surface area (TPSA) is 88.2 Å². The first kappa shape index (κ1) is 25.3. The Morgan fingerprint density at radius 1 is 1.03 bits per heavy atom. The molecule has 1 aromatic rings. The summed E-state index contributed by atoms with van der Waals surface area (Å²) in [6.07, 6.45) is 7.09. The number of piperidine rings is 1. The molecule has 4 rings (SSSR count). The number of carbonyl (C=O) groups excluding carboxylic acids is 3. The summed E-state index contributed by atoms with van der Waals surface area (Å²) in [6.45, 7) is 3.13. The fraction of sp³-hybridized carbons (Fsp3) is 0.667. The molecule has 3 fully saturated rings. The predicted octanol–water partition coefficient (Wildman–Crippen LogP) is 2.95. The number of likely N-dealkylation sites (tertiary alicyclic amines) is 2. The number of amides is 3. The second kappa shape index (κ2) is 11.8. The quantitative estimate of drug-likeness (QED) is 0.544. The first-order valence-electron chi connectivity index (χ1n) is 13.1. The van der Waals surface area contributed by atoms with Crippen molar-refractivity contribution in [2.24, 2.45) is 11.8 Å². The molecule has 1 aromatic carbocycles. The number of nitrogens with one attached hydrogen (secondary N) is 1. The van der Waals surface area contributed by atoms with E-state index in [1.165, 1.54) is 0 Å². The maximum absolute atomic E-state index is 13.3. The zero-order chi connectivity index (χ0) is 24.8. The van der Waals surface area contributed by atoms with Gasteiger partial charge in [0.05, 0.1) is 20.1 Å². The van der Waals surface area contributed by atoms with Gasteiger partial charge < -0.3 is 24.6 Å². The van der Waals surface area contributed by atoms with Gasteiger partial charge in [-0.2, -0.15) is 0 Å². The SMILES string of the molecule is COc1ccc(C2CC(C(=O)NCCCN3CCCC3=O)CN(C(=O)C3CCCC3)C2)cc1OC. The molecule has 8 nitrogen and oxygen atoms in total. The smallest absolute Gasteiger partial charge is 0.225 e. The molecule has 3 aliphatic rings. The molecule has 35 heavy (non-hydrogen) atoms. The maximum Gasteiger partial charge on any atom is 0.225 e. The zero-order valence-corrected chi connectivity index (χ0v) is 21.1. The van der Waals surface area contributed by atoms with E-state index in [0.29, 0.717) is 50.5 Å². The monoisotopic (exact) mass is 485 g/mol. The molecule has 1 aliphatic carbocycles. The highest BCUT2D eigenvalue weighted by atomic mass is 16.5. The molecule has 0 bridgehead atoms. The average molecular weight is 486 g/mol. The largest absolute Gasteiger partial charge is 0.493 e. The Labute approximate surface area is 208 Å². The Morgan fingerprint density at radius 3 is 2.49 bits per heavy atom. The van der Waals surface area contributed by atoms with Crippen LogP contribution in [0.1, 0.15) is 62.8 Å². The Bertz CT molecular complexity index is 914. The van der Waals surface area contributed by atoms with Crippen LogP contribution in [0.5, 0.6) is 11.5 Å². The Hall–Kier alpha value is -2.77. The molecule has 2 heterocycles. The highest BCUT2D eigenvalue weighted by Gasteiger charge is 2.37. The third kappa shape index (κ3) is 6.08. The first-order valence-corrected chi connectivity index (χ1v) is 13.1. The van der Waals surface area contributed by atoms with E-state index in [2.05, 4.69) is 5.32 Å². The van der Waals surface area contributed by atoms with Gasteiger partial charge in [-0.15, -0.1) is 0 Å². The van der Waals surface area contributed by atoms with E-state index < -0.39 is 0 Å². The fourth-order valence-electron chi connectivity index (χ4n) is 5.81. The summed E-state index contributed by atoms with van der Waals surface area (Å²) in [5.74, 6) is 1.58. The van der Waals surface area contributed by atoms with Crippen LogP contribution < -0.4 is 14.8 Å². The van der Waals surface area contributed by atoms with Gasteiger partial charge in [0.25, 0.3) is 0 Å². The van der Waals surface area contributed by atoms with Gasteiger partial charge in [0.15, 0.2) is 11.5 Å². The van der Waals surface area contributed by atoms with Crippen molar-refractivity contribution in [2.75, 3.05) is 46.9 Å². The minimum Gasteiger partial charge on any atom is -0.493 e. The summed E-state index contributed by atoms with van der Waals surface area (Å²) in [5, 5.41) is 3.07. The molecule has 0 spiro atoms. The summed E-state index contributed by atoms with van der Waals surface area (Å²) < 4.78 is 10.9. The van der Waals surface area contributed by atoms with Crippen LogP contribution in [0.3, 0.4) is 0 Å². The molecule has 0 aromatic heterocycles. The van der Waals surface area contributed by atoms with Gasteiger partial charge in [0, 0.05) is 51.0 Å². The Morgan fingerprint density at radius 2 is 1.80 bits per heavy atom. The number of ether oxygens (including phenoxy) is 2. The molecule has 2 aliphatic heterocycles. The van der Waals surface area contributed by atoms with Crippen LogP contribution in [-0.4, -0.2) is 74.5 Å². The molecular formula is C27H39N3O5. The highest BCUT2D eigenvalue weighted by Crippen LogP contribution is 2.37. The van der Waals surface area contributed by atoms with E-state index in [9.17, 15) is 14.4 Å². The van der Waals surface area contributed by atoms with Gasteiger partial charge in [0.2, 0.25) is 17.7 Å². The number of benzene rings is 1. The second-order valence-electron chi connectivity index (χ2n) is 10.1. The standard InChI is InChI=1S/C27H39N3O5/c1-34-23-11-10-20(16-24(23)35-2)21-15-22(18-30(17-21)27(33)19-7-3-4-8-19)26(32)28-12-6-14-29-13-5-9-25(29)31/h10-11,16,19,21-22H,3-9,12-15,17-18H2,1-2H3,(H,28,32). The number of methoxy groups -OCH3 is 2. The lowest BCUT2D eigenvalue weighted by atomic mass is 9.83. The lowest BCUT2D eigenvalue weighted by Gasteiger charge is -2.38. The van der Waals surface area contributed by atoms with E-state index >= 15 is 0 Å². The van der Waals surface area contributed by atoms with Crippen molar-refractivity contribution in [3.05, 3.63) is 23.8 Å². The van der Waals surface area contributed by atoms with Gasteiger partial charge >= 0.3 is 0 Å². The van der Waals surface area contributed by atoms with E-state index in [4.69, 9.17) is 9.47 Å². The van der Waals surface area contributed by atoms with Crippen LogP contribution in [-0.2, 0) is 14.4 Å². The molecule has 2 atom stereocenters. The summed E-state index contributed by atoms with van der Waals surface area (Å²) >= 11 is 0. The lowest BCUT2D eigenvalue weighted by Crippen LogP contribution is -2.49. The van der Waals surface area contributed by atoms with Crippen molar-refractivity contribution in [2.45, 2.75) is 57.3 Å². The Balaban J connectivity index is 1.42. The summed E-state index contributed by atoms with van der Waals surface area (Å²) in [4.78, 5) is 42.1. The van der Waals surface area contributed by atoms with Crippen LogP contribution in [0.25, 0.3) is 0 Å². The van der Waals surface area contributed by atoms with Crippen LogP contribution in [0.4, 0.5) is 0 Å². The summed E-state index contributed by atoms with van der Waals surface area (Å²) in [6, 6.07) is 5.87. The van der Waals surface area contributed by atoms with Crippen LogP contribution in [0, 0.1) is 11.8 Å². The normalized spacial score (nSPS) is 23.0. The summed E-state index contributed by atoms with van der Waals surface area (Å²) in [7, 11) is 3.23. The minimum absolute atomic E-state index is 0.00727. The minimum atomic E-state index is -0.263. The maximum atomic E-state index is 13.3. The first-order chi connectivity index (χ1) is 17.0. The number of hydrogen-bond donors (Lipinski definition) is 1. The van der Waals surface area contributed by atoms with E-state index in [1.54, 1.807) is 14.2 Å². The van der Waals surface area contributed by atoms with E-state index in [0.717, 1.165) is 50.6 Å². The third-order valence-corrected chi connectivity index (χ3v) is 7.79. The number of rotatable bonds is 9. The van der Waals surface area contributed by atoms with Crippen LogP contribution >= 0.6 is 0 Å². The van der Waals surface area contributed by atoms with Crippen LogP contribution in [0.2, 0.25) is 0 Å². The number of nitrogens with zero attached hydrogens (tertiary/aromatic N) is 2. The third-order valence-electron chi connectivity index (χ3n) is 7.79. The van der Waals surface area contributed by atoms with Crippen molar-refractivity contribution in [1.82, 2.24) is 15.1 Å². The van der Waals surface area contributed by atoms with Crippen molar-refractivity contribution >= 4 is 17.7 Å². The second-order valence-corrected chi connectivity index (χ2v) is 10.1. The van der Waals surface area contributed by atoms with Crippen LogP contribution in [0.15, 0.2) is 18.2 Å². The van der Waals surface area contributed by atoms with Crippen molar-refractivity contribution < 1.29 is 23.9 Å². The molecule has 0 radical (unpaired) electrons. The van der Waals surface area contributed by atoms with Crippen molar-refractivity contribution in [1.29, 1.82) is 0 Å². The Kier molecular flexibility index (Phi) is 8.52.